The fraction of sp³-hybridized carbons (Fsp3) is 0.467. The van der Waals surface area contributed by atoms with Crippen molar-refractivity contribution in [1.29, 1.82) is 5.26 Å². The van der Waals surface area contributed by atoms with Crippen LogP contribution in [0.15, 0.2) is 22.7 Å². The maximum absolute atomic E-state index is 12.4. The first kappa shape index (κ1) is 14.1. The molecule has 1 saturated carbocycles. The number of amides is 1. The minimum atomic E-state index is -0.821. The highest BCUT2D eigenvalue weighted by molar-refractivity contribution is 9.10. The summed E-state index contributed by atoms with van der Waals surface area (Å²) in [5, 5.41) is 12.3. The molecule has 100 valence electrons. The summed E-state index contributed by atoms with van der Waals surface area (Å²) in [6, 6.07) is 8.02. The molecule has 0 bridgehead atoms. The van der Waals surface area contributed by atoms with E-state index in [-0.39, 0.29) is 5.91 Å². The number of halogens is 1. The third-order valence-electron chi connectivity index (χ3n) is 3.80. The van der Waals surface area contributed by atoms with Crippen LogP contribution in [0, 0.1) is 16.7 Å². The van der Waals surface area contributed by atoms with Gasteiger partial charge < -0.3 is 5.32 Å². The van der Waals surface area contributed by atoms with E-state index in [2.05, 4.69) is 27.3 Å². The van der Waals surface area contributed by atoms with E-state index in [4.69, 9.17) is 0 Å². The quantitative estimate of drug-likeness (QED) is 0.913. The van der Waals surface area contributed by atoms with Crippen molar-refractivity contribution < 1.29 is 4.79 Å². The van der Waals surface area contributed by atoms with Gasteiger partial charge in [0.2, 0.25) is 5.91 Å². The van der Waals surface area contributed by atoms with E-state index in [1.54, 1.807) is 0 Å². The van der Waals surface area contributed by atoms with Gasteiger partial charge in [0.05, 0.1) is 6.07 Å². The summed E-state index contributed by atoms with van der Waals surface area (Å²) in [7, 11) is 0. The van der Waals surface area contributed by atoms with Gasteiger partial charge in [-0.3, -0.25) is 4.79 Å². The van der Waals surface area contributed by atoms with Gasteiger partial charge in [0, 0.05) is 10.2 Å². The molecule has 2 rings (SSSR count). The van der Waals surface area contributed by atoms with Gasteiger partial charge >= 0.3 is 0 Å². The van der Waals surface area contributed by atoms with Crippen LogP contribution in [0.4, 0.5) is 5.69 Å². The molecule has 0 spiro atoms. The van der Waals surface area contributed by atoms with Crippen LogP contribution in [0.2, 0.25) is 0 Å². The molecule has 1 amide bonds. The molecule has 3 nitrogen and oxygen atoms in total. The molecule has 1 N–H and O–H groups in total. The van der Waals surface area contributed by atoms with E-state index in [0.29, 0.717) is 12.8 Å². The minimum Gasteiger partial charge on any atom is -0.324 e. The Morgan fingerprint density at radius 1 is 1.47 bits per heavy atom. The molecule has 0 heterocycles. The highest BCUT2D eigenvalue weighted by Gasteiger charge is 2.41. The lowest BCUT2D eigenvalue weighted by molar-refractivity contribution is -0.122. The van der Waals surface area contributed by atoms with Gasteiger partial charge in [-0.2, -0.15) is 5.26 Å². The number of nitriles is 1. The Balaban J connectivity index is 2.22. The number of hydrogen-bond donors (Lipinski definition) is 1. The van der Waals surface area contributed by atoms with Crippen molar-refractivity contribution >= 4 is 27.5 Å². The first-order valence-electron chi connectivity index (χ1n) is 6.62. The fourth-order valence-electron chi connectivity index (χ4n) is 2.59. The first-order chi connectivity index (χ1) is 9.11. The van der Waals surface area contributed by atoms with Crippen molar-refractivity contribution in [3.8, 4) is 6.07 Å². The average molecular weight is 321 g/mol. The van der Waals surface area contributed by atoms with Crippen LogP contribution in [0.5, 0.6) is 0 Å². The molecule has 1 aromatic carbocycles. The molecule has 1 aromatic rings. The zero-order chi connectivity index (χ0) is 13.9. The van der Waals surface area contributed by atoms with Gasteiger partial charge in [0.15, 0.2) is 0 Å². The van der Waals surface area contributed by atoms with Gasteiger partial charge in [0.1, 0.15) is 5.41 Å². The van der Waals surface area contributed by atoms with E-state index < -0.39 is 5.41 Å². The fourth-order valence-corrected chi connectivity index (χ4v) is 3.00. The molecular formula is C15H17BrN2O. The summed E-state index contributed by atoms with van der Waals surface area (Å²) in [6.45, 7) is 2.05. The number of aryl methyl sites for hydroxylation is 1. The SMILES string of the molecule is CCc1cc(Br)ccc1NC(=O)C1(C#N)CCCC1. The average Bonchev–Trinajstić information content (AvgIpc) is 2.90. The summed E-state index contributed by atoms with van der Waals surface area (Å²) in [5.74, 6) is -0.149. The molecule has 0 atom stereocenters. The second-order valence-electron chi connectivity index (χ2n) is 5.01. The molecule has 0 aromatic heterocycles. The first-order valence-corrected chi connectivity index (χ1v) is 7.42. The van der Waals surface area contributed by atoms with Crippen molar-refractivity contribution in [1.82, 2.24) is 0 Å². The van der Waals surface area contributed by atoms with Crippen molar-refractivity contribution in [2.45, 2.75) is 39.0 Å². The van der Waals surface area contributed by atoms with Crippen LogP contribution >= 0.6 is 15.9 Å². The molecule has 4 heteroatoms. The Morgan fingerprint density at radius 2 is 2.16 bits per heavy atom. The number of hydrogen-bond acceptors (Lipinski definition) is 2. The number of nitrogens with zero attached hydrogens (tertiary/aromatic N) is 1. The Hall–Kier alpha value is -1.34. The number of anilines is 1. The molecule has 1 aliphatic carbocycles. The third-order valence-corrected chi connectivity index (χ3v) is 4.30. The molecule has 0 saturated heterocycles. The summed E-state index contributed by atoms with van der Waals surface area (Å²) in [6.07, 6.45) is 4.11. The Kier molecular flexibility index (Phi) is 4.26. The van der Waals surface area contributed by atoms with Gasteiger partial charge in [0.25, 0.3) is 0 Å². The molecule has 1 aliphatic rings. The summed E-state index contributed by atoms with van der Waals surface area (Å²) >= 11 is 3.43. The maximum Gasteiger partial charge on any atom is 0.244 e. The predicted molar refractivity (Wildman–Crippen MR) is 78.7 cm³/mol. The number of carbonyl (C=O) groups excluding carboxylic acids is 1. The molecular weight excluding hydrogens is 304 g/mol. The van der Waals surface area contributed by atoms with Crippen molar-refractivity contribution in [3.05, 3.63) is 28.2 Å². The van der Waals surface area contributed by atoms with Gasteiger partial charge in [-0.25, -0.2) is 0 Å². The lowest BCUT2D eigenvalue weighted by Gasteiger charge is -2.20. The molecule has 19 heavy (non-hydrogen) atoms. The smallest absolute Gasteiger partial charge is 0.244 e. The van der Waals surface area contributed by atoms with Gasteiger partial charge in [-0.05, 0) is 43.0 Å². The Bertz CT molecular complexity index is 527. The number of rotatable bonds is 3. The second-order valence-corrected chi connectivity index (χ2v) is 5.93. The summed E-state index contributed by atoms with van der Waals surface area (Å²) in [4.78, 5) is 12.4. The number of nitrogens with one attached hydrogen (secondary N) is 1. The lowest BCUT2D eigenvalue weighted by Crippen LogP contribution is -2.32. The van der Waals surface area contributed by atoms with E-state index in [0.717, 1.165) is 35.0 Å². The molecule has 0 aliphatic heterocycles. The zero-order valence-corrected chi connectivity index (χ0v) is 12.6. The van der Waals surface area contributed by atoms with Crippen molar-refractivity contribution in [2.75, 3.05) is 5.32 Å². The summed E-state index contributed by atoms with van der Waals surface area (Å²) < 4.78 is 0.998. The predicted octanol–water partition coefficient (Wildman–Crippen LogP) is 4.03. The standard InChI is InChI=1S/C15H17BrN2O/c1-2-11-9-12(16)5-6-13(11)18-14(19)15(10-17)7-3-4-8-15/h5-6,9H,2-4,7-8H2,1H3,(H,18,19). The Labute approximate surface area is 122 Å². The highest BCUT2D eigenvalue weighted by atomic mass is 79.9. The lowest BCUT2D eigenvalue weighted by atomic mass is 9.87. The van der Waals surface area contributed by atoms with Gasteiger partial charge in [-0.1, -0.05) is 35.7 Å². The molecule has 0 unspecified atom stereocenters. The van der Waals surface area contributed by atoms with Crippen molar-refractivity contribution in [3.63, 3.8) is 0 Å². The monoisotopic (exact) mass is 320 g/mol. The van der Waals surface area contributed by atoms with E-state index in [9.17, 15) is 10.1 Å². The van der Waals surface area contributed by atoms with Crippen LogP contribution in [-0.2, 0) is 11.2 Å². The normalized spacial score (nSPS) is 16.9. The third kappa shape index (κ3) is 2.82. The largest absolute Gasteiger partial charge is 0.324 e. The van der Waals surface area contributed by atoms with E-state index in [1.807, 2.05) is 25.1 Å². The van der Waals surface area contributed by atoms with Crippen LogP contribution in [0.1, 0.15) is 38.2 Å². The summed E-state index contributed by atoms with van der Waals surface area (Å²) in [5.41, 5.74) is 1.07. The zero-order valence-electron chi connectivity index (χ0n) is 11.0. The van der Waals surface area contributed by atoms with Crippen LogP contribution in [0.25, 0.3) is 0 Å². The van der Waals surface area contributed by atoms with Crippen LogP contribution < -0.4 is 5.32 Å². The highest BCUT2D eigenvalue weighted by Crippen LogP contribution is 2.38. The number of carbonyl (C=O) groups is 1. The van der Waals surface area contributed by atoms with Crippen molar-refractivity contribution in [2.24, 2.45) is 5.41 Å². The van der Waals surface area contributed by atoms with E-state index >= 15 is 0 Å². The minimum absolute atomic E-state index is 0.149. The second kappa shape index (κ2) is 5.75. The Morgan fingerprint density at radius 3 is 2.74 bits per heavy atom. The van der Waals surface area contributed by atoms with Crippen LogP contribution in [-0.4, -0.2) is 5.91 Å². The number of benzene rings is 1. The molecule has 0 radical (unpaired) electrons. The van der Waals surface area contributed by atoms with Crippen LogP contribution in [0.3, 0.4) is 0 Å². The molecule has 1 fully saturated rings. The van der Waals surface area contributed by atoms with Gasteiger partial charge in [-0.15, -0.1) is 0 Å². The van der Waals surface area contributed by atoms with E-state index in [1.165, 1.54) is 0 Å². The topological polar surface area (TPSA) is 52.9 Å². The maximum atomic E-state index is 12.4.